The van der Waals surface area contributed by atoms with Crippen LogP contribution in [0.3, 0.4) is 0 Å². The average molecular weight is 552 g/mol. The van der Waals surface area contributed by atoms with Crippen molar-refractivity contribution in [3.8, 4) is 11.8 Å². The van der Waals surface area contributed by atoms with Crippen molar-refractivity contribution in [3.63, 3.8) is 0 Å². The number of nitrogens with two attached hydrogens (primary N) is 1. The first-order chi connectivity index (χ1) is 18.8. The Morgan fingerprint density at radius 1 is 1.15 bits per heavy atom. The summed E-state index contributed by atoms with van der Waals surface area (Å²) in [6.45, 7) is 0.414. The third kappa shape index (κ3) is 5.42. The lowest BCUT2D eigenvalue weighted by Gasteiger charge is -2.35. The van der Waals surface area contributed by atoms with Crippen molar-refractivity contribution >= 4 is 29.2 Å². The maximum atomic E-state index is 15.2. The molecule has 0 fully saturated rings. The molecule has 1 unspecified atom stereocenters. The van der Waals surface area contributed by atoms with E-state index in [4.69, 9.17) is 31.5 Å². The van der Waals surface area contributed by atoms with Gasteiger partial charge in [0, 0.05) is 12.3 Å². The minimum Gasteiger partial charge on any atom is -0.489 e. The largest absolute Gasteiger partial charge is 0.489 e. The topological polar surface area (TPSA) is 133 Å². The zero-order valence-electron chi connectivity index (χ0n) is 20.9. The highest BCUT2D eigenvalue weighted by molar-refractivity contribution is 6.30. The molecule has 1 aliphatic rings. The third-order valence-corrected chi connectivity index (χ3v) is 6.16. The van der Waals surface area contributed by atoms with Gasteiger partial charge in [0.25, 0.3) is 0 Å². The molecule has 0 aliphatic carbocycles. The maximum Gasteiger partial charge on any atom is 0.355 e. The van der Waals surface area contributed by atoms with Crippen LogP contribution >= 0.6 is 11.6 Å². The molecule has 39 heavy (non-hydrogen) atoms. The molecule has 1 aromatic heterocycles. The summed E-state index contributed by atoms with van der Waals surface area (Å²) in [5, 5.41) is 14.6. The number of esters is 2. The summed E-state index contributed by atoms with van der Waals surface area (Å²) in [5.74, 6) is -3.87. The number of hydrogen-bond acceptors (Lipinski definition) is 9. The quantitative estimate of drug-likeness (QED) is 0.416. The molecule has 10 nitrogen and oxygen atoms in total. The molecule has 0 amide bonds. The van der Waals surface area contributed by atoms with E-state index in [2.05, 4.69) is 5.10 Å². The number of nitrogens with zero attached hydrogens (tertiary/aromatic N) is 4. The van der Waals surface area contributed by atoms with Crippen LogP contribution < -0.4 is 15.4 Å². The second-order valence-corrected chi connectivity index (χ2v) is 8.66. The maximum absolute atomic E-state index is 15.2. The van der Waals surface area contributed by atoms with Gasteiger partial charge in [-0.1, -0.05) is 41.9 Å². The molecule has 0 saturated heterocycles. The number of ether oxygens (including phenoxy) is 3. The van der Waals surface area contributed by atoms with Gasteiger partial charge in [0.05, 0.1) is 60.8 Å². The number of methoxy groups -OCH3 is 2. The van der Waals surface area contributed by atoms with Crippen LogP contribution in [0.15, 0.2) is 83.6 Å². The van der Waals surface area contributed by atoms with Crippen LogP contribution in [0.5, 0.6) is 5.75 Å². The highest BCUT2D eigenvalue weighted by atomic mass is 35.5. The number of carbonyl (C=O) groups excluding carboxylic acids is 2. The van der Waals surface area contributed by atoms with Crippen molar-refractivity contribution in [3.05, 3.63) is 100.0 Å². The van der Waals surface area contributed by atoms with Crippen LogP contribution in [0.1, 0.15) is 11.5 Å². The summed E-state index contributed by atoms with van der Waals surface area (Å²) in [4.78, 5) is 27.3. The van der Waals surface area contributed by atoms with Crippen molar-refractivity contribution in [1.82, 2.24) is 9.78 Å². The van der Waals surface area contributed by atoms with Gasteiger partial charge in [0.15, 0.2) is 11.6 Å². The van der Waals surface area contributed by atoms with Crippen molar-refractivity contribution in [1.29, 1.82) is 5.26 Å². The third-order valence-electron chi connectivity index (χ3n) is 5.96. The lowest BCUT2D eigenvalue weighted by molar-refractivity contribution is -0.139. The highest BCUT2D eigenvalue weighted by Gasteiger charge is 2.43. The van der Waals surface area contributed by atoms with E-state index in [-0.39, 0.29) is 40.7 Å². The fourth-order valence-electron chi connectivity index (χ4n) is 4.24. The first kappa shape index (κ1) is 27.2. The number of hydrogen-bond donors (Lipinski definition) is 1. The van der Waals surface area contributed by atoms with Crippen molar-refractivity contribution in [2.75, 3.05) is 25.7 Å². The molecule has 3 aromatic rings. The van der Waals surface area contributed by atoms with E-state index in [0.29, 0.717) is 17.1 Å². The Bertz CT molecular complexity index is 1510. The molecule has 0 saturated carbocycles. The Balaban J connectivity index is 1.78. The van der Waals surface area contributed by atoms with E-state index in [1.54, 1.807) is 41.2 Å². The summed E-state index contributed by atoms with van der Waals surface area (Å²) in [7, 11) is 2.28. The Labute approximate surface area is 228 Å². The van der Waals surface area contributed by atoms with Gasteiger partial charge in [-0.3, -0.25) is 9.58 Å². The van der Waals surface area contributed by atoms with Gasteiger partial charge in [-0.2, -0.15) is 10.4 Å². The van der Waals surface area contributed by atoms with Crippen LogP contribution in [0, 0.1) is 17.1 Å². The lowest BCUT2D eigenvalue weighted by atomic mass is 9.81. The van der Waals surface area contributed by atoms with E-state index < -0.39 is 23.7 Å². The van der Waals surface area contributed by atoms with E-state index in [9.17, 15) is 14.9 Å². The molecule has 200 valence electrons. The Kier molecular flexibility index (Phi) is 8.17. The number of rotatable bonds is 8. The highest BCUT2D eigenvalue weighted by Crippen LogP contribution is 2.43. The predicted octanol–water partition coefficient (Wildman–Crippen LogP) is 3.65. The van der Waals surface area contributed by atoms with Gasteiger partial charge in [0.2, 0.25) is 0 Å². The first-order valence-corrected chi connectivity index (χ1v) is 11.9. The molecule has 1 atom stereocenters. The molecular formula is C27H23ClFN5O5. The number of halogens is 2. The van der Waals surface area contributed by atoms with E-state index in [1.165, 1.54) is 18.3 Å². The Morgan fingerprint density at radius 2 is 1.87 bits per heavy atom. The second kappa shape index (κ2) is 11.7. The number of carbonyl (C=O) groups is 2. The van der Waals surface area contributed by atoms with Crippen LogP contribution in [-0.4, -0.2) is 42.5 Å². The van der Waals surface area contributed by atoms with Crippen LogP contribution in [0.2, 0.25) is 5.02 Å². The number of nitriles is 1. The van der Waals surface area contributed by atoms with Crippen LogP contribution in [-0.2, 0) is 25.6 Å². The predicted molar refractivity (Wildman–Crippen MR) is 139 cm³/mol. The molecule has 2 heterocycles. The smallest absolute Gasteiger partial charge is 0.355 e. The molecule has 0 spiro atoms. The number of anilines is 1. The Morgan fingerprint density at radius 3 is 2.46 bits per heavy atom. The van der Waals surface area contributed by atoms with Crippen molar-refractivity contribution in [2.45, 2.75) is 12.5 Å². The van der Waals surface area contributed by atoms with Crippen LogP contribution in [0.4, 0.5) is 10.1 Å². The normalized spacial score (nSPS) is 15.2. The average Bonchev–Trinajstić information content (AvgIpc) is 3.37. The lowest BCUT2D eigenvalue weighted by Crippen LogP contribution is -2.40. The molecule has 1 aliphatic heterocycles. The summed E-state index contributed by atoms with van der Waals surface area (Å²) in [6.07, 6.45) is 3.07. The second-order valence-electron chi connectivity index (χ2n) is 8.22. The minimum absolute atomic E-state index is 0.0344. The van der Waals surface area contributed by atoms with Gasteiger partial charge in [-0.25, -0.2) is 14.0 Å². The number of aromatic nitrogens is 2. The summed E-state index contributed by atoms with van der Waals surface area (Å²) in [5.41, 5.74) is 6.48. The number of benzene rings is 2. The summed E-state index contributed by atoms with van der Waals surface area (Å²) in [6, 6.07) is 14.5. The van der Waals surface area contributed by atoms with Gasteiger partial charge >= 0.3 is 11.9 Å². The Hall–Kier alpha value is -4.82. The molecular weight excluding hydrogens is 529 g/mol. The first-order valence-electron chi connectivity index (χ1n) is 11.6. The molecule has 2 aromatic carbocycles. The zero-order chi connectivity index (χ0) is 28.1. The monoisotopic (exact) mass is 551 g/mol. The van der Waals surface area contributed by atoms with Gasteiger partial charge in [0.1, 0.15) is 18.1 Å². The van der Waals surface area contributed by atoms with Gasteiger partial charge in [-0.15, -0.1) is 0 Å². The molecule has 0 radical (unpaired) electrons. The minimum atomic E-state index is -1.03. The molecule has 12 heteroatoms. The standard InChI is InChI=1S/C27H23ClFN5O5/c1-37-26(35)23-22(16-6-4-3-5-7-16)19(13-30)25(31)34(24(23)27(36)38-2)18-8-9-21(20(29)12-18)39-11-10-33-15-17(28)14-32-33/h3-9,12,14-15,22H,10-11,31H2,1-2H3. The van der Waals surface area contributed by atoms with Crippen molar-refractivity contribution in [2.24, 2.45) is 5.73 Å². The van der Waals surface area contributed by atoms with Crippen molar-refractivity contribution < 1.29 is 28.2 Å². The summed E-state index contributed by atoms with van der Waals surface area (Å²) >= 11 is 5.84. The number of allylic oxidation sites excluding steroid dienone is 1. The van der Waals surface area contributed by atoms with Crippen LogP contribution in [0.25, 0.3) is 0 Å². The van der Waals surface area contributed by atoms with Gasteiger partial charge < -0.3 is 19.9 Å². The van der Waals surface area contributed by atoms with E-state index in [0.717, 1.165) is 25.2 Å². The fraction of sp³-hybridized carbons (Fsp3) is 0.185. The van der Waals surface area contributed by atoms with E-state index >= 15 is 4.39 Å². The fourth-order valence-corrected chi connectivity index (χ4v) is 4.39. The van der Waals surface area contributed by atoms with Gasteiger partial charge in [-0.05, 0) is 17.7 Å². The molecule has 0 bridgehead atoms. The zero-order valence-corrected chi connectivity index (χ0v) is 21.7. The summed E-state index contributed by atoms with van der Waals surface area (Å²) < 4.78 is 32.2. The SMILES string of the molecule is COC(=O)C1=C(C(=O)OC)N(c2ccc(OCCn3cc(Cl)cn3)c(F)c2)C(N)=C(C#N)C1c1ccccc1. The van der Waals surface area contributed by atoms with E-state index in [1.807, 2.05) is 6.07 Å². The molecule has 2 N–H and O–H groups in total. The molecule has 4 rings (SSSR count).